The Morgan fingerprint density at radius 2 is 2.25 bits per heavy atom. The Labute approximate surface area is 106 Å². The lowest BCUT2D eigenvalue weighted by Gasteiger charge is -2.10. The quantitative estimate of drug-likeness (QED) is 0.898. The molecule has 0 spiro atoms. The van der Waals surface area contributed by atoms with E-state index in [1.807, 2.05) is 12.1 Å². The summed E-state index contributed by atoms with van der Waals surface area (Å²) in [7, 11) is 0. The van der Waals surface area contributed by atoms with Crippen molar-refractivity contribution in [3.05, 3.63) is 33.8 Å². The van der Waals surface area contributed by atoms with Gasteiger partial charge >= 0.3 is 0 Å². The maximum Gasteiger partial charge on any atom is 0.0507 e. The zero-order chi connectivity index (χ0) is 11.4. The molecule has 16 heavy (non-hydrogen) atoms. The van der Waals surface area contributed by atoms with Gasteiger partial charge < -0.3 is 10.1 Å². The molecule has 88 valence electrons. The third kappa shape index (κ3) is 3.36. The summed E-state index contributed by atoms with van der Waals surface area (Å²) in [5.74, 6) is 0.637. The Morgan fingerprint density at radius 1 is 1.38 bits per heavy atom. The smallest absolute Gasteiger partial charge is 0.0507 e. The van der Waals surface area contributed by atoms with Gasteiger partial charge in [-0.3, -0.25) is 0 Å². The molecule has 0 unspecified atom stereocenters. The Balaban J connectivity index is 1.82. The number of nitrogens with one attached hydrogen (secondary N) is 1. The molecular formula is C12H15Cl2NO. The summed E-state index contributed by atoms with van der Waals surface area (Å²) >= 11 is 12.0. The lowest BCUT2D eigenvalue weighted by atomic mass is 10.1. The van der Waals surface area contributed by atoms with Crippen LogP contribution in [0.15, 0.2) is 18.2 Å². The molecule has 1 fully saturated rings. The van der Waals surface area contributed by atoms with Crippen LogP contribution < -0.4 is 5.32 Å². The molecule has 2 rings (SSSR count). The second-order valence-corrected chi connectivity index (χ2v) is 4.94. The summed E-state index contributed by atoms with van der Waals surface area (Å²) in [5, 5.41) is 4.88. The second-order valence-electron chi connectivity index (χ2n) is 4.10. The van der Waals surface area contributed by atoms with Gasteiger partial charge in [0.05, 0.1) is 6.61 Å². The van der Waals surface area contributed by atoms with Crippen molar-refractivity contribution in [3.63, 3.8) is 0 Å². The summed E-state index contributed by atoms with van der Waals surface area (Å²) in [5.41, 5.74) is 1.05. The van der Waals surface area contributed by atoms with Gasteiger partial charge in [-0.15, -0.1) is 0 Å². The van der Waals surface area contributed by atoms with Gasteiger partial charge in [0.25, 0.3) is 0 Å². The molecule has 1 N–H and O–H groups in total. The Kier molecular flexibility index (Phi) is 4.47. The van der Waals surface area contributed by atoms with Crippen molar-refractivity contribution in [2.75, 3.05) is 19.8 Å². The molecule has 1 aliphatic rings. The number of hydrogen-bond donors (Lipinski definition) is 1. The standard InChI is InChI=1S/C12H15Cl2NO/c13-11-1-2-12(14)10(5-11)7-15-6-9-3-4-16-8-9/h1-2,5,9,15H,3-4,6-8H2/t9-/m1/s1. The van der Waals surface area contributed by atoms with E-state index in [1.54, 1.807) is 6.07 Å². The van der Waals surface area contributed by atoms with Gasteiger partial charge in [0, 0.05) is 29.7 Å². The van der Waals surface area contributed by atoms with Crippen LogP contribution in [0.25, 0.3) is 0 Å². The van der Waals surface area contributed by atoms with E-state index in [1.165, 1.54) is 0 Å². The number of hydrogen-bond acceptors (Lipinski definition) is 2. The maximum atomic E-state index is 6.07. The van der Waals surface area contributed by atoms with Gasteiger partial charge in [-0.05, 0) is 36.1 Å². The minimum Gasteiger partial charge on any atom is -0.381 e. The van der Waals surface area contributed by atoms with Crippen LogP contribution in [0.3, 0.4) is 0 Å². The first-order chi connectivity index (χ1) is 7.75. The normalized spacial score (nSPS) is 20.2. The van der Waals surface area contributed by atoms with E-state index in [9.17, 15) is 0 Å². The first kappa shape index (κ1) is 12.2. The topological polar surface area (TPSA) is 21.3 Å². The van der Waals surface area contributed by atoms with Gasteiger partial charge in [-0.1, -0.05) is 23.2 Å². The summed E-state index contributed by atoms with van der Waals surface area (Å²) < 4.78 is 5.32. The van der Waals surface area contributed by atoms with Crippen LogP contribution in [0.2, 0.25) is 10.0 Å². The van der Waals surface area contributed by atoms with Crippen molar-refractivity contribution in [1.82, 2.24) is 5.32 Å². The Bertz CT molecular complexity index is 351. The highest BCUT2D eigenvalue weighted by atomic mass is 35.5. The van der Waals surface area contributed by atoms with Crippen LogP contribution in [-0.4, -0.2) is 19.8 Å². The van der Waals surface area contributed by atoms with E-state index < -0.39 is 0 Å². The lowest BCUT2D eigenvalue weighted by Crippen LogP contribution is -2.22. The molecule has 0 amide bonds. The number of halogens is 2. The van der Waals surface area contributed by atoms with E-state index >= 15 is 0 Å². The van der Waals surface area contributed by atoms with Crippen LogP contribution in [0.4, 0.5) is 0 Å². The fourth-order valence-corrected chi connectivity index (χ4v) is 2.21. The first-order valence-corrected chi connectivity index (χ1v) is 6.23. The van der Waals surface area contributed by atoms with Crippen molar-refractivity contribution < 1.29 is 4.74 Å². The first-order valence-electron chi connectivity index (χ1n) is 5.48. The van der Waals surface area contributed by atoms with Gasteiger partial charge in [0.15, 0.2) is 0 Å². The monoisotopic (exact) mass is 259 g/mol. The summed E-state index contributed by atoms with van der Waals surface area (Å²) in [6.07, 6.45) is 1.15. The van der Waals surface area contributed by atoms with E-state index in [4.69, 9.17) is 27.9 Å². The molecule has 2 nitrogen and oxygen atoms in total. The maximum absolute atomic E-state index is 6.07. The summed E-state index contributed by atoms with van der Waals surface area (Å²) in [6.45, 7) is 3.50. The van der Waals surface area contributed by atoms with Crippen LogP contribution in [-0.2, 0) is 11.3 Å². The van der Waals surface area contributed by atoms with Gasteiger partial charge in [0.1, 0.15) is 0 Å². The van der Waals surface area contributed by atoms with Crippen LogP contribution >= 0.6 is 23.2 Å². The Morgan fingerprint density at radius 3 is 3.00 bits per heavy atom. The molecule has 1 aromatic carbocycles. The fourth-order valence-electron chi connectivity index (χ4n) is 1.83. The third-order valence-electron chi connectivity index (χ3n) is 2.78. The SMILES string of the molecule is Clc1ccc(Cl)c(CNC[C@H]2CCOC2)c1. The fraction of sp³-hybridized carbons (Fsp3) is 0.500. The molecule has 1 saturated heterocycles. The molecule has 1 aliphatic heterocycles. The average Bonchev–Trinajstić information content (AvgIpc) is 2.76. The van der Waals surface area contributed by atoms with Crippen molar-refractivity contribution in [2.24, 2.45) is 5.92 Å². The minimum absolute atomic E-state index is 0.637. The highest BCUT2D eigenvalue weighted by Gasteiger charge is 2.14. The van der Waals surface area contributed by atoms with Gasteiger partial charge in [-0.2, -0.15) is 0 Å². The minimum atomic E-state index is 0.637. The van der Waals surface area contributed by atoms with Crippen LogP contribution in [0, 0.1) is 5.92 Å². The van der Waals surface area contributed by atoms with Crippen LogP contribution in [0.5, 0.6) is 0 Å². The highest BCUT2D eigenvalue weighted by Crippen LogP contribution is 2.20. The predicted molar refractivity (Wildman–Crippen MR) is 67.1 cm³/mol. The molecule has 0 bridgehead atoms. The number of rotatable bonds is 4. The molecular weight excluding hydrogens is 245 g/mol. The largest absolute Gasteiger partial charge is 0.381 e. The van der Waals surface area contributed by atoms with Crippen molar-refractivity contribution in [2.45, 2.75) is 13.0 Å². The number of ether oxygens (including phenoxy) is 1. The van der Waals surface area contributed by atoms with E-state index in [0.717, 1.165) is 48.3 Å². The zero-order valence-electron chi connectivity index (χ0n) is 9.01. The highest BCUT2D eigenvalue weighted by molar-refractivity contribution is 6.33. The van der Waals surface area contributed by atoms with Crippen LogP contribution in [0.1, 0.15) is 12.0 Å². The molecule has 1 aromatic rings. The average molecular weight is 260 g/mol. The second kappa shape index (κ2) is 5.87. The summed E-state index contributed by atoms with van der Waals surface area (Å²) in [6, 6.07) is 5.54. The molecule has 1 atom stereocenters. The number of benzene rings is 1. The van der Waals surface area contributed by atoms with Crippen molar-refractivity contribution in [3.8, 4) is 0 Å². The third-order valence-corrected chi connectivity index (χ3v) is 3.38. The lowest BCUT2D eigenvalue weighted by molar-refractivity contribution is 0.185. The molecule has 0 aliphatic carbocycles. The molecule has 0 saturated carbocycles. The molecule has 1 heterocycles. The van der Waals surface area contributed by atoms with Crippen molar-refractivity contribution in [1.29, 1.82) is 0 Å². The summed E-state index contributed by atoms with van der Waals surface area (Å²) in [4.78, 5) is 0. The van der Waals surface area contributed by atoms with Gasteiger partial charge in [-0.25, -0.2) is 0 Å². The van der Waals surface area contributed by atoms with E-state index in [0.29, 0.717) is 5.92 Å². The van der Waals surface area contributed by atoms with E-state index in [-0.39, 0.29) is 0 Å². The predicted octanol–water partition coefficient (Wildman–Crippen LogP) is 3.12. The molecule has 0 radical (unpaired) electrons. The molecule has 4 heteroatoms. The molecule has 0 aromatic heterocycles. The zero-order valence-corrected chi connectivity index (χ0v) is 10.5. The van der Waals surface area contributed by atoms with Crippen molar-refractivity contribution >= 4 is 23.2 Å². The van der Waals surface area contributed by atoms with E-state index in [2.05, 4.69) is 5.32 Å². The Hall–Kier alpha value is -0.280. The van der Waals surface area contributed by atoms with Gasteiger partial charge in [0.2, 0.25) is 0 Å².